The number of ether oxygens (including phenoxy) is 3. The molecule has 0 spiro atoms. The van der Waals surface area contributed by atoms with E-state index in [1.807, 2.05) is 13.8 Å². The molecule has 16 heteroatoms. The molecule has 0 saturated carbocycles. The zero-order chi connectivity index (χ0) is 27.0. The summed E-state index contributed by atoms with van der Waals surface area (Å²) in [4.78, 5) is 24.3. The SMILES string of the molecule is CCOc1nc(N)nc2c1ncn2[C@@H]1O[C@@H]2CO[P@](=O)(OC[C@H](C)NC(=O)OCC(C)C)O[C@H]2[C@@]1(C)F. The number of nitrogens with one attached hydrogen (secondary N) is 1. The molecule has 3 N–H and O–H groups in total. The number of phosphoric acid groups is 1. The second-order valence-corrected chi connectivity index (χ2v) is 11.0. The Morgan fingerprint density at radius 2 is 2.14 bits per heavy atom. The summed E-state index contributed by atoms with van der Waals surface area (Å²) in [6.45, 7) is 8.57. The first-order valence-corrected chi connectivity index (χ1v) is 13.4. The highest BCUT2D eigenvalue weighted by molar-refractivity contribution is 7.48. The van der Waals surface area contributed by atoms with Crippen LogP contribution in [0, 0.1) is 5.92 Å². The maximum atomic E-state index is 16.2. The minimum absolute atomic E-state index is 0.0815. The van der Waals surface area contributed by atoms with E-state index in [0.29, 0.717) is 6.61 Å². The van der Waals surface area contributed by atoms with Crippen LogP contribution in [0.1, 0.15) is 40.8 Å². The quantitative estimate of drug-likeness (QED) is 0.441. The number of halogens is 1. The molecule has 2 aliphatic rings. The second-order valence-electron chi connectivity index (χ2n) is 9.42. The lowest BCUT2D eigenvalue weighted by molar-refractivity contribution is -0.0711. The number of carbonyl (C=O) groups excluding carboxylic acids is 1. The molecule has 206 valence electrons. The summed E-state index contributed by atoms with van der Waals surface area (Å²) in [5.74, 6) is 0.254. The monoisotopic (exact) mass is 546 g/mol. The van der Waals surface area contributed by atoms with Crippen LogP contribution in [0.5, 0.6) is 5.88 Å². The molecule has 2 aromatic heterocycles. The average Bonchev–Trinajstić information content (AvgIpc) is 3.34. The summed E-state index contributed by atoms with van der Waals surface area (Å²) in [6, 6.07) is -0.582. The molecule has 0 aromatic carbocycles. The normalized spacial score (nSPS) is 30.3. The molecule has 0 radical (unpaired) electrons. The zero-order valence-electron chi connectivity index (χ0n) is 21.2. The molecule has 6 atom stereocenters. The van der Waals surface area contributed by atoms with Crippen LogP contribution in [-0.4, -0.2) is 76.0 Å². The maximum absolute atomic E-state index is 16.2. The van der Waals surface area contributed by atoms with Crippen molar-refractivity contribution in [1.29, 1.82) is 0 Å². The Bertz CT molecular complexity index is 1180. The van der Waals surface area contributed by atoms with Crippen LogP contribution in [0.15, 0.2) is 6.33 Å². The van der Waals surface area contributed by atoms with Crippen molar-refractivity contribution in [2.24, 2.45) is 5.92 Å². The fraction of sp³-hybridized carbons (Fsp3) is 0.714. The number of hydrogen-bond acceptors (Lipinski definition) is 12. The first kappa shape index (κ1) is 27.5. The molecule has 2 fully saturated rings. The molecule has 14 nitrogen and oxygen atoms in total. The lowest BCUT2D eigenvalue weighted by Crippen LogP contribution is -2.45. The molecule has 4 rings (SSSR count). The predicted molar refractivity (Wildman–Crippen MR) is 127 cm³/mol. The number of nitrogens with two attached hydrogens (primary N) is 1. The molecule has 0 unspecified atom stereocenters. The molecular formula is C21H32FN6O8P. The highest BCUT2D eigenvalue weighted by Gasteiger charge is 2.61. The van der Waals surface area contributed by atoms with Crippen LogP contribution >= 0.6 is 7.82 Å². The third-order valence-electron chi connectivity index (χ3n) is 5.66. The summed E-state index contributed by atoms with van der Waals surface area (Å²) < 4.78 is 63.3. The number of rotatable bonds is 9. The Labute approximate surface area is 212 Å². The van der Waals surface area contributed by atoms with E-state index in [4.69, 9.17) is 33.5 Å². The molecule has 37 heavy (non-hydrogen) atoms. The van der Waals surface area contributed by atoms with Gasteiger partial charge >= 0.3 is 13.9 Å². The molecule has 2 aromatic rings. The number of alkyl carbamates (subject to hydrolysis) is 1. The van der Waals surface area contributed by atoms with E-state index in [1.54, 1.807) is 13.8 Å². The number of hydrogen-bond donors (Lipinski definition) is 2. The van der Waals surface area contributed by atoms with Crippen molar-refractivity contribution in [2.75, 3.05) is 32.2 Å². The summed E-state index contributed by atoms with van der Waals surface area (Å²) >= 11 is 0. The van der Waals surface area contributed by atoms with E-state index in [2.05, 4.69) is 20.3 Å². The van der Waals surface area contributed by atoms with Crippen molar-refractivity contribution in [2.45, 2.75) is 64.8 Å². The Kier molecular flexibility index (Phi) is 7.91. The molecular weight excluding hydrogens is 514 g/mol. The number of nitrogens with zero attached hydrogens (tertiary/aromatic N) is 4. The van der Waals surface area contributed by atoms with Crippen molar-refractivity contribution in [3.63, 3.8) is 0 Å². The van der Waals surface area contributed by atoms with E-state index in [0.717, 1.165) is 0 Å². The minimum atomic E-state index is -4.17. The first-order valence-electron chi connectivity index (χ1n) is 11.9. The zero-order valence-corrected chi connectivity index (χ0v) is 22.1. The number of fused-ring (bicyclic) bond motifs is 2. The van der Waals surface area contributed by atoms with Gasteiger partial charge in [-0.05, 0) is 26.7 Å². The van der Waals surface area contributed by atoms with Crippen LogP contribution < -0.4 is 15.8 Å². The van der Waals surface area contributed by atoms with Gasteiger partial charge in [-0.25, -0.2) is 18.7 Å². The number of nitrogen functional groups attached to an aromatic ring is 1. The van der Waals surface area contributed by atoms with Gasteiger partial charge in [-0.15, -0.1) is 0 Å². The van der Waals surface area contributed by atoms with Crippen molar-refractivity contribution < 1.29 is 41.5 Å². The smallest absolute Gasteiger partial charge is 0.475 e. The number of carbonyl (C=O) groups is 1. The lowest BCUT2D eigenvalue weighted by Gasteiger charge is -2.34. The fourth-order valence-corrected chi connectivity index (χ4v) is 5.51. The van der Waals surface area contributed by atoms with E-state index < -0.39 is 44.1 Å². The van der Waals surface area contributed by atoms with E-state index in [-0.39, 0.29) is 48.7 Å². The van der Waals surface area contributed by atoms with E-state index in [1.165, 1.54) is 17.8 Å². The van der Waals surface area contributed by atoms with Gasteiger partial charge in [0.2, 0.25) is 11.8 Å². The summed E-state index contributed by atoms with van der Waals surface area (Å²) in [5.41, 5.74) is 4.10. The van der Waals surface area contributed by atoms with Gasteiger partial charge in [0.05, 0.1) is 38.8 Å². The van der Waals surface area contributed by atoms with E-state index in [9.17, 15) is 9.36 Å². The highest BCUT2D eigenvalue weighted by Crippen LogP contribution is 2.59. The molecule has 0 bridgehead atoms. The van der Waals surface area contributed by atoms with Gasteiger partial charge < -0.3 is 25.3 Å². The third kappa shape index (κ3) is 5.80. The Balaban J connectivity index is 1.45. The van der Waals surface area contributed by atoms with Crippen LogP contribution in [0.2, 0.25) is 0 Å². The highest BCUT2D eigenvalue weighted by atomic mass is 31.2. The van der Waals surface area contributed by atoms with Gasteiger partial charge in [-0.1, -0.05) is 13.8 Å². The minimum Gasteiger partial charge on any atom is -0.476 e. The van der Waals surface area contributed by atoms with Gasteiger partial charge in [0.15, 0.2) is 23.1 Å². The maximum Gasteiger partial charge on any atom is 0.475 e. The topological polar surface area (TPSA) is 171 Å². The van der Waals surface area contributed by atoms with Gasteiger partial charge in [-0.2, -0.15) is 9.97 Å². The number of phosphoric ester groups is 1. The molecule has 2 aliphatic heterocycles. The van der Waals surface area contributed by atoms with Crippen molar-refractivity contribution >= 4 is 31.0 Å². The van der Waals surface area contributed by atoms with Crippen LogP contribution in [0.25, 0.3) is 11.2 Å². The lowest BCUT2D eigenvalue weighted by atomic mass is 9.98. The van der Waals surface area contributed by atoms with Crippen molar-refractivity contribution in [3.05, 3.63) is 6.33 Å². The molecule has 0 aliphatic carbocycles. The van der Waals surface area contributed by atoms with E-state index >= 15 is 4.39 Å². The first-order chi connectivity index (χ1) is 17.4. The number of amides is 1. The van der Waals surface area contributed by atoms with Gasteiger partial charge in [0.25, 0.3) is 0 Å². The van der Waals surface area contributed by atoms with Gasteiger partial charge in [0.1, 0.15) is 12.2 Å². The standard InChI is InChI=1S/C21H32FN6O8P/c1-6-31-17-14-16(26-19(23)27-17)28(10-24-14)18-21(5,22)15-13(35-18)9-34-37(30,36-15)33-8-12(4)25-20(29)32-7-11(2)3/h10-13,15,18H,6-9H2,1-5H3,(H,25,29)(H2,23,26,27)/t12-,13+,15+,18+,21+,37-/m0/s1. The second kappa shape index (κ2) is 10.7. The number of alkyl halides is 1. The molecule has 1 amide bonds. The summed E-state index contributed by atoms with van der Waals surface area (Å²) in [5, 5.41) is 2.56. The Morgan fingerprint density at radius 1 is 1.38 bits per heavy atom. The van der Waals surface area contributed by atoms with Crippen molar-refractivity contribution in [1.82, 2.24) is 24.8 Å². The van der Waals surface area contributed by atoms with Crippen molar-refractivity contribution in [3.8, 4) is 5.88 Å². The largest absolute Gasteiger partial charge is 0.476 e. The van der Waals surface area contributed by atoms with Gasteiger partial charge in [0, 0.05) is 0 Å². The van der Waals surface area contributed by atoms with Crippen LogP contribution in [0.4, 0.5) is 15.1 Å². The molecule has 2 saturated heterocycles. The van der Waals surface area contributed by atoms with Gasteiger partial charge in [-0.3, -0.25) is 18.1 Å². The predicted octanol–water partition coefficient (Wildman–Crippen LogP) is 2.74. The Hall–Kier alpha value is -2.58. The molecule has 4 heterocycles. The summed E-state index contributed by atoms with van der Waals surface area (Å²) in [7, 11) is -4.17. The average molecular weight is 546 g/mol. The number of aromatic nitrogens is 4. The number of imidazole rings is 1. The summed E-state index contributed by atoms with van der Waals surface area (Å²) in [6.07, 6.45) is -2.75. The number of anilines is 1. The fourth-order valence-electron chi connectivity index (χ4n) is 3.96. The van der Waals surface area contributed by atoms with Crippen LogP contribution in [0.3, 0.4) is 0 Å². The third-order valence-corrected chi connectivity index (χ3v) is 7.07. The van der Waals surface area contributed by atoms with Crippen LogP contribution in [-0.2, 0) is 27.6 Å². The Morgan fingerprint density at radius 3 is 2.84 bits per heavy atom.